The summed E-state index contributed by atoms with van der Waals surface area (Å²) in [5.41, 5.74) is 0.982. The number of aliphatic carboxylic acids is 1. The minimum atomic E-state index is -0.964. The number of carbonyl (C=O) groups is 2. The fourth-order valence-corrected chi connectivity index (χ4v) is 2.40. The van der Waals surface area contributed by atoms with Crippen molar-refractivity contribution >= 4 is 11.9 Å². The summed E-state index contributed by atoms with van der Waals surface area (Å²) in [6.45, 7) is 0.718. The van der Waals surface area contributed by atoms with Crippen molar-refractivity contribution < 1.29 is 24.5 Å². The molecule has 2 atom stereocenters. The van der Waals surface area contributed by atoms with E-state index in [0.29, 0.717) is 6.61 Å². The van der Waals surface area contributed by atoms with Crippen molar-refractivity contribution in [1.29, 1.82) is 0 Å². The Labute approximate surface area is 122 Å². The molecule has 0 saturated carbocycles. The van der Waals surface area contributed by atoms with E-state index in [1.165, 1.54) is 4.90 Å². The summed E-state index contributed by atoms with van der Waals surface area (Å²) in [4.78, 5) is 24.1. The lowest BCUT2D eigenvalue weighted by atomic mass is 10.0. The maximum Gasteiger partial charge on any atom is 0.303 e. The van der Waals surface area contributed by atoms with Crippen LogP contribution in [0, 0.1) is 5.92 Å². The Morgan fingerprint density at radius 3 is 2.62 bits per heavy atom. The van der Waals surface area contributed by atoms with Gasteiger partial charge in [-0.15, -0.1) is 0 Å². The molecule has 0 bridgehead atoms. The van der Waals surface area contributed by atoms with E-state index in [-0.39, 0.29) is 32.0 Å². The molecular weight excluding hydrogens is 274 g/mol. The largest absolute Gasteiger partial charge is 0.481 e. The zero-order chi connectivity index (χ0) is 15.2. The van der Waals surface area contributed by atoms with Crippen LogP contribution in [0.15, 0.2) is 30.3 Å². The van der Waals surface area contributed by atoms with Gasteiger partial charge >= 0.3 is 5.97 Å². The number of hydrogen-bond acceptors (Lipinski definition) is 4. The molecule has 0 aromatic heterocycles. The second-order valence-electron chi connectivity index (χ2n) is 5.20. The topological polar surface area (TPSA) is 87.1 Å². The summed E-state index contributed by atoms with van der Waals surface area (Å²) < 4.78 is 5.36. The van der Waals surface area contributed by atoms with Crippen LogP contribution in [0.2, 0.25) is 0 Å². The van der Waals surface area contributed by atoms with Crippen LogP contribution in [-0.4, -0.2) is 52.8 Å². The minimum Gasteiger partial charge on any atom is -0.481 e. The Hall–Kier alpha value is -1.92. The van der Waals surface area contributed by atoms with Crippen molar-refractivity contribution in [2.45, 2.75) is 19.1 Å². The van der Waals surface area contributed by atoms with E-state index in [1.54, 1.807) is 0 Å². The Morgan fingerprint density at radius 2 is 1.95 bits per heavy atom. The molecule has 0 unspecified atom stereocenters. The number of carbonyl (C=O) groups excluding carboxylic acids is 1. The molecule has 0 radical (unpaired) electrons. The van der Waals surface area contributed by atoms with Crippen LogP contribution in [0.25, 0.3) is 0 Å². The van der Waals surface area contributed by atoms with E-state index in [4.69, 9.17) is 9.84 Å². The highest BCUT2D eigenvalue weighted by Crippen LogP contribution is 2.20. The van der Waals surface area contributed by atoms with E-state index >= 15 is 0 Å². The molecule has 114 valence electrons. The van der Waals surface area contributed by atoms with Crippen LogP contribution in [0.1, 0.15) is 12.0 Å². The highest BCUT2D eigenvalue weighted by atomic mass is 16.5. The zero-order valence-corrected chi connectivity index (χ0v) is 11.6. The summed E-state index contributed by atoms with van der Waals surface area (Å²) in [5.74, 6) is -1.59. The van der Waals surface area contributed by atoms with Gasteiger partial charge in [-0.1, -0.05) is 30.3 Å². The number of aliphatic hydroxyl groups excluding tert-OH is 1. The lowest BCUT2D eigenvalue weighted by Crippen LogP contribution is -2.32. The Balaban J connectivity index is 1.75. The van der Waals surface area contributed by atoms with Crippen molar-refractivity contribution in [3.8, 4) is 0 Å². The molecule has 1 aromatic carbocycles. The number of amides is 1. The van der Waals surface area contributed by atoms with Crippen molar-refractivity contribution in [3.63, 3.8) is 0 Å². The summed E-state index contributed by atoms with van der Waals surface area (Å²) in [7, 11) is 0. The van der Waals surface area contributed by atoms with Crippen LogP contribution < -0.4 is 0 Å². The number of hydrogen-bond donors (Lipinski definition) is 2. The SMILES string of the molecule is O=C(O)C[C@@H]1CN(C(=O)COCc2ccccc2)C[C@H]1O. The smallest absolute Gasteiger partial charge is 0.303 e. The molecule has 21 heavy (non-hydrogen) atoms. The number of β-amino-alcohol motifs (C(OH)–C–C–N with tert-alkyl or cyclic N) is 1. The fraction of sp³-hybridized carbons (Fsp3) is 0.467. The third-order valence-corrected chi connectivity index (χ3v) is 3.53. The average Bonchev–Trinajstić information content (AvgIpc) is 2.80. The molecular formula is C15H19NO5. The lowest BCUT2D eigenvalue weighted by Gasteiger charge is -2.15. The van der Waals surface area contributed by atoms with E-state index in [1.807, 2.05) is 30.3 Å². The minimum absolute atomic E-state index is 0.0680. The van der Waals surface area contributed by atoms with Gasteiger partial charge in [0.05, 0.1) is 19.1 Å². The Kier molecular flexibility index (Phi) is 5.30. The lowest BCUT2D eigenvalue weighted by molar-refractivity contribution is -0.139. The fourth-order valence-electron chi connectivity index (χ4n) is 2.40. The number of carboxylic acid groups (broad SMARTS) is 1. The molecule has 0 aliphatic carbocycles. The third kappa shape index (κ3) is 4.54. The van der Waals surface area contributed by atoms with E-state index in [0.717, 1.165) is 5.56 Å². The van der Waals surface area contributed by atoms with Crippen molar-refractivity contribution in [1.82, 2.24) is 4.90 Å². The molecule has 1 aliphatic rings. The predicted molar refractivity (Wildman–Crippen MR) is 74.4 cm³/mol. The molecule has 1 amide bonds. The number of carboxylic acids is 1. The highest BCUT2D eigenvalue weighted by Gasteiger charge is 2.35. The Bertz CT molecular complexity index is 490. The van der Waals surface area contributed by atoms with Crippen molar-refractivity contribution in [2.75, 3.05) is 19.7 Å². The first kappa shape index (κ1) is 15.5. The first-order valence-corrected chi connectivity index (χ1v) is 6.85. The first-order valence-electron chi connectivity index (χ1n) is 6.85. The van der Waals surface area contributed by atoms with Gasteiger partial charge in [-0.2, -0.15) is 0 Å². The summed E-state index contributed by atoms with van der Waals surface area (Å²) in [5, 5.41) is 18.5. The van der Waals surface area contributed by atoms with Gasteiger partial charge in [0.25, 0.3) is 0 Å². The molecule has 6 heteroatoms. The number of benzene rings is 1. The number of ether oxygens (including phenoxy) is 1. The number of likely N-dealkylation sites (tertiary alicyclic amines) is 1. The van der Waals surface area contributed by atoms with Gasteiger partial charge in [0.15, 0.2) is 0 Å². The molecule has 6 nitrogen and oxygen atoms in total. The van der Waals surface area contributed by atoms with Crippen molar-refractivity contribution in [3.05, 3.63) is 35.9 Å². The normalized spacial score (nSPS) is 21.5. The summed E-state index contributed by atoms with van der Waals surface area (Å²) in [6, 6.07) is 9.52. The molecule has 1 fully saturated rings. The molecule has 1 aromatic rings. The second-order valence-corrected chi connectivity index (χ2v) is 5.20. The summed E-state index contributed by atoms with van der Waals surface area (Å²) >= 11 is 0. The Morgan fingerprint density at radius 1 is 1.24 bits per heavy atom. The van der Waals surface area contributed by atoms with Gasteiger partial charge < -0.3 is 19.8 Å². The molecule has 1 saturated heterocycles. The number of nitrogens with zero attached hydrogens (tertiary/aromatic N) is 1. The maximum absolute atomic E-state index is 12.0. The highest BCUT2D eigenvalue weighted by molar-refractivity contribution is 5.78. The molecule has 0 spiro atoms. The maximum atomic E-state index is 12.0. The van der Waals surface area contributed by atoms with Gasteiger partial charge in [-0.3, -0.25) is 9.59 Å². The molecule has 1 heterocycles. The second kappa shape index (κ2) is 7.19. The molecule has 2 rings (SSSR count). The van der Waals surface area contributed by atoms with Gasteiger partial charge in [0.1, 0.15) is 6.61 Å². The van der Waals surface area contributed by atoms with Crippen LogP contribution in [0.3, 0.4) is 0 Å². The van der Waals surface area contributed by atoms with Gasteiger partial charge in [-0.05, 0) is 5.56 Å². The van der Waals surface area contributed by atoms with E-state index in [9.17, 15) is 14.7 Å². The van der Waals surface area contributed by atoms with Crippen LogP contribution in [0.4, 0.5) is 0 Å². The van der Waals surface area contributed by atoms with Gasteiger partial charge in [-0.25, -0.2) is 0 Å². The van der Waals surface area contributed by atoms with E-state index in [2.05, 4.69) is 0 Å². The predicted octanol–water partition coefficient (Wildman–Crippen LogP) is 0.497. The van der Waals surface area contributed by atoms with Gasteiger partial charge in [0, 0.05) is 19.0 Å². The standard InChI is InChI=1S/C15H19NO5/c17-13-8-16(7-12(13)6-15(19)20)14(18)10-21-9-11-4-2-1-3-5-11/h1-5,12-13,17H,6-10H2,(H,19,20)/t12-,13-/m1/s1. The van der Waals surface area contributed by atoms with Crippen LogP contribution in [-0.2, 0) is 20.9 Å². The van der Waals surface area contributed by atoms with Crippen molar-refractivity contribution in [2.24, 2.45) is 5.92 Å². The number of rotatable bonds is 6. The van der Waals surface area contributed by atoms with E-state index < -0.39 is 18.0 Å². The van der Waals surface area contributed by atoms with Crippen LogP contribution in [0.5, 0.6) is 0 Å². The summed E-state index contributed by atoms with van der Waals surface area (Å²) in [6.07, 6.45) is -0.908. The monoisotopic (exact) mass is 293 g/mol. The molecule has 1 aliphatic heterocycles. The number of aliphatic hydroxyl groups is 1. The average molecular weight is 293 g/mol. The molecule has 2 N–H and O–H groups in total. The third-order valence-electron chi connectivity index (χ3n) is 3.53. The zero-order valence-electron chi connectivity index (χ0n) is 11.6. The quantitative estimate of drug-likeness (QED) is 0.797. The van der Waals surface area contributed by atoms with Crippen LogP contribution >= 0.6 is 0 Å². The van der Waals surface area contributed by atoms with Gasteiger partial charge in [0.2, 0.25) is 5.91 Å². The first-order chi connectivity index (χ1) is 10.1.